The molecule has 0 atom stereocenters. The molecule has 4 nitrogen and oxygen atoms in total. The molecule has 2 aromatic carbocycles. The van der Waals surface area contributed by atoms with Crippen molar-refractivity contribution in [2.75, 3.05) is 36.2 Å². The van der Waals surface area contributed by atoms with E-state index in [4.69, 9.17) is 16.3 Å². The molecular formula is C19H21ClN2O2. The number of carbonyl (C=O) groups excluding carboxylic acids is 1. The Balaban J connectivity index is 1.61. The van der Waals surface area contributed by atoms with E-state index in [0.29, 0.717) is 24.6 Å². The van der Waals surface area contributed by atoms with Gasteiger partial charge in [-0.1, -0.05) is 30.7 Å². The van der Waals surface area contributed by atoms with Gasteiger partial charge in [0.25, 0.3) is 0 Å². The Labute approximate surface area is 147 Å². The molecule has 0 bridgehead atoms. The van der Waals surface area contributed by atoms with Crippen molar-refractivity contribution < 1.29 is 9.53 Å². The summed E-state index contributed by atoms with van der Waals surface area (Å²) in [5, 5.41) is 0.701. The Kier molecular flexibility index (Phi) is 5.26. The van der Waals surface area contributed by atoms with E-state index in [0.717, 1.165) is 30.3 Å². The van der Waals surface area contributed by atoms with E-state index in [1.165, 1.54) is 0 Å². The van der Waals surface area contributed by atoms with Crippen LogP contribution in [0.5, 0.6) is 5.75 Å². The van der Waals surface area contributed by atoms with E-state index in [9.17, 15) is 4.79 Å². The molecule has 1 aliphatic heterocycles. The van der Waals surface area contributed by atoms with Gasteiger partial charge in [-0.3, -0.25) is 4.79 Å². The zero-order valence-electron chi connectivity index (χ0n) is 13.7. The molecule has 0 aliphatic carbocycles. The Morgan fingerprint density at radius 2 is 1.75 bits per heavy atom. The molecular weight excluding hydrogens is 324 g/mol. The van der Waals surface area contributed by atoms with Crippen LogP contribution in [0.25, 0.3) is 0 Å². The molecule has 2 aromatic rings. The molecule has 0 radical (unpaired) electrons. The molecule has 0 saturated carbocycles. The summed E-state index contributed by atoms with van der Waals surface area (Å²) in [7, 11) is 0. The van der Waals surface area contributed by atoms with Gasteiger partial charge in [0.15, 0.2) is 5.78 Å². The zero-order chi connectivity index (χ0) is 16.9. The van der Waals surface area contributed by atoms with Gasteiger partial charge in [0.05, 0.1) is 31.1 Å². The molecule has 0 fully saturated rings. The van der Waals surface area contributed by atoms with Crippen molar-refractivity contribution in [1.82, 2.24) is 0 Å². The van der Waals surface area contributed by atoms with E-state index >= 15 is 0 Å². The number of rotatable bonds is 7. The number of nitrogens with zero attached hydrogens (tertiary/aromatic N) is 2. The molecule has 0 unspecified atom stereocenters. The highest BCUT2D eigenvalue weighted by atomic mass is 35.5. The SMILES string of the molecule is CCC(=O)CN1CN(CCOc2ccc(Cl)cc2)c2ccccc21. The molecule has 3 rings (SSSR count). The number of para-hydroxylation sites is 2. The summed E-state index contributed by atoms with van der Waals surface area (Å²) in [4.78, 5) is 16.2. The highest BCUT2D eigenvalue weighted by Crippen LogP contribution is 2.35. The van der Waals surface area contributed by atoms with Crippen LogP contribution in [0, 0.1) is 0 Å². The molecule has 24 heavy (non-hydrogen) atoms. The van der Waals surface area contributed by atoms with Crippen molar-refractivity contribution in [2.24, 2.45) is 0 Å². The molecule has 0 N–H and O–H groups in total. The van der Waals surface area contributed by atoms with E-state index in [-0.39, 0.29) is 5.78 Å². The molecule has 0 saturated heterocycles. The number of ether oxygens (including phenoxy) is 1. The van der Waals surface area contributed by atoms with Gasteiger partial charge in [-0.2, -0.15) is 0 Å². The summed E-state index contributed by atoms with van der Waals surface area (Å²) in [5.74, 6) is 1.06. The van der Waals surface area contributed by atoms with Crippen molar-refractivity contribution in [3.8, 4) is 5.75 Å². The maximum atomic E-state index is 11.8. The number of hydrogen-bond donors (Lipinski definition) is 0. The lowest BCUT2D eigenvalue weighted by atomic mass is 10.2. The maximum Gasteiger partial charge on any atom is 0.151 e. The summed E-state index contributed by atoms with van der Waals surface area (Å²) in [6, 6.07) is 15.6. The smallest absolute Gasteiger partial charge is 0.151 e. The summed E-state index contributed by atoms with van der Waals surface area (Å²) in [5.41, 5.74) is 2.27. The van der Waals surface area contributed by atoms with Gasteiger partial charge in [0, 0.05) is 11.4 Å². The lowest BCUT2D eigenvalue weighted by Gasteiger charge is -2.21. The molecule has 1 aliphatic rings. The van der Waals surface area contributed by atoms with Crippen LogP contribution in [-0.2, 0) is 4.79 Å². The van der Waals surface area contributed by atoms with Gasteiger partial charge in [-0.15, -0.1) is 0 Å². The molecule has 0 amide bonds. The van der Waals surface area contributed by atoms with Gasteiger partial charge < -0.3 is 14.5 Å². The third-order valence-corrected chi connectivity index (χ3v) is 4.36. The lowest BCUT2D eigenvalue weighted by Crippen LogP contribution is -2.36. The average Bonchev–Trinajstić information content (AvgIpc) is 2.94. The molecule has 1 heterocycles. The Morgan fingerprint density at radius 1 is 1.08 bits per heavy atom. The number of carbonyl (C=O) groups is 1. The fourth-order valence-corrected chi connectivity index (χ4v) is 2.94. The van der Waals surface area contributed by atoms with Crippen LogP contribution in [0.4, 0.5) is 11.4 Å². The van der Waals surface area contributed by atoms with Gasteiger partial charge in [0.1, 0.15) is 12.4 Å². The van der Waals surface area contributed by atoms with Crippen LogP contribution < -0.4 is 14.5 Å². The molecule has 126 valence electrons. The number of benzene rings is 2. The third-order valence-electron chi connectivity index (χ3n) is 4.11. The minimum absolute atomic E-state index is 0.254. The summed E-state index contributed by atoms with van der Waals surface area (Å²) in [6.07, 6.45) is 0.568. The standard InChI is InChI=1S/C19H21ClN2O2/c1-2-16(23)13-22-14-21(18-5-3-4-6-19(18)22)11-12-24-17-9-7-15(20)8-10-17/h3-10H,2,11-14H2,1H3. The average molecular weight is 345 g/mol. The second-order valence-corrected chi connectivity index (χ2v) is 6.22. The fourth-order valence-electron chi connectivity index (χ4n) is 2.81. The maximum absolute atomic E-state index is 11.8. The second kappa shape index (κ2) is 7.58. The molecule has 5 heteroatoms. The Bertz CT molecular complexity index is 703. The second-order valence-electron chi connectivity index (χ2n) is 5.79. The predicted molar refractivity (Wildman–Crippen MR) is 98.2 cm³/mol. The van der Waals surface area contributed by atoms with E-state index in [1.807, 2.05) is 43.3 Å². The Hall–Kier alpha value is -2.20. The fraction of sp³-hybridized carbons (Fsp3) is 0.316. The van der Waals surface area contributed by atoms with Crippen LogP contribution >= 0.6 is 11.6 Å². The van der Waals surface area contributed by atoms with Crippen molar-refractivity contribution in [1.29, 1.82) is 0 Å². The minimum atomic E-state index is 0.254. The number of anilines is 2. The number of ketones is 1. The van der Waals surface area contributed by atoms with Gasteiger partial charge >= 0.3 is 0 Å². The lowest BCUT2D eigenvalue weighted by molar-refractivity contribution is -0.117. The summed E-state index contributed by atoms with van der Waals surface area (Å²) < 4.78 is 5.79. The number of halogens is 1. The van der Waals surface area contributed by atoms with Gasteiger partial charge in [0.2, 0.25) is 0 Å². The van der Waals surface area contributed by atoms with Crippen LogP contribution in [0.1, 0.15) is 13.3 Å². The number of Topliss-reactive ketones (excluding diaryl/α,β-unsaturated/α-hetero) is 1. The minimum Gasteiger partial charge on any atom is -0.492 e. The highest BCUT2D eigenvalue weighted by molar-refractivity contribution is 6.30. The third kappa shape index (κ3) is 3.82. The topological polar surface area (TPSA) is 32.8 Å². The summed E-state index contributed by atoms with van der Waals surface area (Å²) >= 11 is 5.88. The van der Waals surface area contributed by atoms with Crippen molar-refractivity contribution in [2.45, 2.75) is 13.3 Å². The van der Waals surface area contributed by atoms with Crippen molar-refractivity contribution in [3.63, 3.8) is 0 Å². The Morgan fingerprint density at radius 3 is 2.42 bits per heavy atom. The van der Waals surface area contributed by atoms with E-state index in [1.54, 1.807) is 0 Å². The van der Waals surface area contributed by atoms with Crippen LogP contribution in [0.15, 0.2) is 48.5 Å². The van der Waals surface area contributed by atoms with E-state index < -0.39 is 0 Å². The number of fused-ring (bicyclic) bond motifs is 1. The number of hydrogen-bond acceptors (Lipinski definition) is 4. The first kappa shape index (κ1) is 16.7. The quantitative estimate of drug-likeness (QED) is 0.760. The first-order valence-electron chi connectivity index (χ1n) is 8.16. The summed E-state index contributed by atoms with van der Waals surface area (Å²) in [6.45, 7) is 4.42. The van der Waals surface area contributed by atoms with Crippen molar-refractivity contribution >= 4 is 28.8 Å². The normalized spacial score (nSPS) is 13.1. The van der Waals surface area contributed by atoms with Gasteiger partial charge in [-0.25, -0.2) is 0 Å². The molecule has 0 aromatic heterocycles. The first-order chi connectivity index (χ1) is 11.7. The van der Waals surface area contributed by atoms with Crippen LogP contribution in [0.3, 0.4) is 0 Å². The van der Waals surface area contributed by atoms with Crippen molar-refractivity contribution in [3.05, 3.63) is 53.6 Å². The van der Waals surface area contributed by atoms with Gasteiger partial charge in [-0.05, 0) is 36.4 Å². The highest BCUT2D eigenvalue weighted by Gasteiger charge is 2.26. The van der Waals surface area contributed by atoms with E-state index in [2.05, 4.69) is 21.9 Å². The zero-order valence-corrected chi connectivity index (χ0v) is 14.5. The van der Waals surface area contributed by atoms with Crippen LogP contribution in [-0.4, -0.2) is 32.1 Å². The first-order valence-corrected chi connectivity index (χ1v) is 8.54. The largest absolute Gasteiger partial charge is 0.492 e. The van der Waals surface area contributed by atoms with Crippen LogP contribution in [0.2, 0.25) is 5.02 Å². The monoisotopic (exact) mass is 344 g/mol. The predicted octanol–water partition coefficient (Wildman–Crippen LogP) is 3.98. The molecule has 0 spiro atoms.